The van der Waals surface area contributed by atoms with Gasteiger partial charge in [-0.2, -0.15) is 0 Å². The van der Waals surface area contributed by atoms with Gasteiger partial charge in [0.1, 0.15) is 5.82 Å². The number of fused-ring (bicyclic) bond motifs is 1. The van der Waals surface area contributed by atoms with Gasteiger partial charge in [-0.1, -0.05) is 18.2 Å². The molecule has 0 aromatic heterocycles. The summed E-state index contributed by atoms with van der Waals surface area (Å²) in [6, 6.07) is 13.8. The summed E-state index contributed by atoms with van der Waals surface area (Å²) in [7, 11) is 0. The van der Waals surface area contributed by atoms with Gasteiger partial charge in [0.25, 0.3) is 0 Å². The second-order valence-corrected chi connectivity index (χ2v) is 7.76. The van der Waals surface area contributed by atoms with Gasteiger partial charge in [-0.05, 0) is 68.8 Å². The fourth-order valence-corrected chi connectivity index (χ4v) is 4.33. The van der Waals surface area contributed by atoms with Gasteiger partial charge in [-0.15, -0.1) is 0 Å². The van der Waals surface area contributed by atoms with Crippen LogP contribution in [0.1, 0.15) is 41.6 Å². The molecule has 1 saturated heterocycles. The highest BCUT2D eigenvalue weighted by Gasteiger charge is 2.34. The summed E-state index contributed by atoms with van der Waals surface area (Å²) in [5, 5.41) is 0. The third kappa shape index (κ3) is 3.59. The van der Waals surface area contributed by atoms with E-state index in [1.165, 1.54) is 12.1 Å². The minimum absolute atomic E-state index is 0.00382. The summed E-state index contributed by atoms with van der Waals surface area (Å²) in [5.74, 6) is -0.121. The Kier molecular flexibility index (Phi) is 5.27. The molecule has 2 heterocycles. The van der Waals surface area contributed by atoms with Crippen LogP contribution < -0.4 is 4.90 Å². The number of para-hydroxylation sites is 1. The van der Waals surface area contributed by atoms with Crippen molar-refractivity contribution in [2.75, 3.05) is 31.1 Å². The van der Waals surface area contributed by atoms with Gasteiger partial charge in [0.15, 0.2) is 5.78 Å². The molecular weight excluding hydrogens is 355 g/mol. The molecule has 1 fully saturated rings. The molecular formula is C23H25FN2O2. The Morgan fingerprint density at radius 3 is 2.43 bits per heavy atom. The highest BCUT2D eigenvalue weighted by Crippen LogP contribution is 2.36. The van der Waals surface area contributed by atoms with Crippen molar-refractivity contribution >= 4 is 17.4 Å². The number of carbonyl (C=O) groups is 2. The molecule has 0 N–H and O–H groups in total. The van der Waals surface area contributed by atoms with Crippen molar-refractivity contribution in [2.24, 2.45) is 5.92 Å². The number of hydrogen-bond donors (Lipinski definition) is 0. The zero-order valence-corrected chi connectivity index (χ0v) is 16.1. The Bertz CT molecular complexity index is 872. The van der Waals surface area contributed by atoms with Crippen LogP contribution in [0.15, 0.2) is 48.5 Å². The molecule has 0 bridgehead atoms. The lowest BCUT2D eigenvalue weighted by molar-refractivity contribution is -0.119. The fraction of sp³-hybridized carbons (Fsp3) is 0.391. The number of benzene rings is 2. The number of nitrogens with zero attached hydrogens (tertiary/aromatic N) is 2. The van der Waals surface area contributed by atoms with E-state index in [9.17, 15) is 14.0 Å². The number of amides is 1. The van der Waals surface area contributed by atoms with Crippen molar-refractivity contribution in [3.05, 3.63) is 65.5 Å². The molecule has 2 aromatic rings. The topological polar surface area (TPSA) is 40.6 Å². The molecule has 2 aromatic carbocycles. The van der Waals surface area contributed by atoms with E-state index in [2.05, 4.69) is 4.90 Å². The van der Waals surface area contributed by atoms with Crippen LogP contribution in [-0.2, 0) is 4.79 Å². The molecule has 28 heavy (non-hydrogen) atoms. The summed E-state index contributed by atoms with van der Waals surface area (Å²) in [6.45, 7) is 5.14. The molecule has 0 spiro atoms. The molecule has 2 aliphatic heterocycles. The zero-order valence-electron chi connectivity index (χ0n) is 16.1. The largest absolute Gasteiger partial charge is 0.310 e. The number of carbonyl (C=O) groups excluding carboxylic acids is 2. The Morgan fingerprint density at radius 1 is 1.04 bits per heavy atom. The average Bonchev–Trinajstić information content (AvgIpc) is 2.97. The maximum Gasteiger partial charge on any atom is 0.234 e. The number of ketones is 1. The summed E-state index contributed by atoms with van der Waals surface area (Å²) in [4.78, 5) is 29.4. The molecule has 0 aliphatic carbocycles. The number of hydrogen-bond acceptors (Lipinski definition) is 3. The van der Waals surface area contributed by atoms with Gasteiger partial charge >= 0.3 is 0 Å². The zero-order chi connectivity index (χ0) is 19.7. The van der Waals surface area contributed by atoms with Crippen LogP contribution in [0.2, 0.25) is 0 Å². The molecule has 2 aliphatic rings. The molecule has 1 atom stereocenters. The van der Waals surface area contributed by atoms with Crippen molar-refractivity contribution in [3.63, 3.8) is 0 Å². The minimum atomic E-state index is -0.321. The number of likely N-dealkylation sites (tertiary alicyclic amines) is 1. The second kappa shape index (κ2) is 7.84. The van der Waals surface area contributed by atoms with Gasteiger partial charge < -0.3 is 9.80 Å². The van der Waals surface area contributed by atoms with Crippen LogP contribution in [0.25, 0.3) is 0 Å². The Balaban J connectivity index is 1.31. The first kappa shape index (κ1) is 18.8. The van der Waals surface area contributed by atoms with Gasteiger partial charge in [0.05, 0.1) is 5.92 Å². The molecule has 1 amide bonds. The van der Waals surface area contributed by atoms with Crippen LogP contribution in [0, 0.1) is 11.7 Å². The lowest BCUT2D eigenvalue weighted by Gasteiger charge is -2.32. The normalized spacial score (nSPS) is 20.4. The molecule has 146 valence electrons. The van der Waals surface area contributed by atoms with Crippen LogP contribution in [0.4, 0.5) is 10.1 Å². The standard InChI is InChI=1S/C23H25FN2O2/c1-16-20-4-2-3-5-21(20)26(23(16)28)15-14-25-12-10-18(11-13-25)22(27)17-6-8-19(24)9-7-17/h2-9,16,18H,10-15H2,1H3. The van der Waals surface area contributed by atoms with Crippen molar-refractivity contribution in [2.45, 2.75) is 25.7 Å². The summed E-state index contributed by atoms with van der Waals surface area (Å²) in [6.07, 6.45) is 1.61. The first-order valence-corrected chi connectivity index (χ1v) is 9.97. The van der Waals surface area contributed by atoms with Crippen LogP contribution in [-0.4, -0.2) is 42.8 Å². The Hall–Kier alpha value is -2.53. The lowest BCUT2D eigenvalue weighted by Crippen LogP contribution is -2.42. The smallest absolute Gasteiger partial charge is 0.234 e. The molecule has 4 nitrogen and oxygen atoms in total. The SMILES string of the molecule is CC1C(=O)N(CCN2CCC(C(=O)c3ccc(F)cc3)CC2)c2ccccc21. The summed E-state index contributed by atoms with van der Waals surface area (Å²) in [5.41, 5.74) is 2.73. The third-order valence-corrected chi connectivity index (χ3v) is 6.06. The number of rotatable bonds is 5. The first-order valence-electron chi connectivity index (χ1n) is 9.97. The van der Waals surface area contributed by atoms with E-state index in [0.717, 1.165) is 43.7 Å². The number of piperidine rings is 1. The van der Waals surface area contributed by atoms with Crippen LogP contribution in [0.3, 0.4) is 0 Å². The lowest BCUT2D eigenvalue weighted by atomic mass is 9.89. The van der Waals surface area contributed by atoms with Gasteiger partial charge in [0.2, 0.25) is 5.91 Å². The van der Waals surface area contributed by atoms with Crippen molar-refractivity contribution in [3.8, 4) is 0 Å². The first-order chi connectivity index (χ1) is 13.5. The predicted octanol–water partition coefficient (Wildman–Crippen LogP) is 3.87. The number of Topliss-reactive ketones (excluding diaryl/α,β-unsaturated/α-hetero) is 1. The molecule has 4 rings (SSSR count). The average molecular weight is 380 g/mol. The molecule has 0 saturated carbocycles. The van der Waals surface area contributed by atoms with E-state index in [0.29, 0.717) is 12.1 Å². The van der Waals surface area contributed by atoms with E-state index in [4.69, 9.17) is 0 Å². The van der Waals surface area contributed by atoms with Gasteiger partial charge in [-0.3, -0.25) is 9.59 Å². The van der Waals surface area contributed by atoms with Crippen molar-refractivity contribution in [1.82, 2.24) is 4.90 Å². The van der Waals surface area contributed by atoms with E-state index in [-0.39, 0.29) is 29.3 Å². The Labute approximate surface area is 164 Å². The van der Waals surface area contributed by atoms with Gasteiger partial charge in [0, 0.05) is 30.3 Å². The van der Waals surface area contributed by atoms with Crippen molar-refractivity contribution in [1.29, 1.82) is 0 Å². The molecule has 5 heteroatoms. The maximum atomic E-state index is 13.1. The molecule has 0 radical (unpaired) electrons. The monoisotopic (exact) mass is 380 g/mol. The number of anilines is 1. The van der Waals surface area contributed by atoms with E-state index >= 15 is 0 Å². The van der Waals surface area contributed by atoms with Gasteiger partial charge in [-0.25, -0.2) is 4.39 Å². The van der Waals surface area contributed by atoms with Crippen LogP contribution >= 0.6 is 0 Å². The maximum absolute atomic E-state index is 13.1. The molecule has 1 unspecified atom stereocenters. The van der Waals surface area contributed by atoms with Crippen LogP contribution in [0.5, 0.6) is 0 Å². The summed E-state index contributed by atoms with van der Waals surface area (Å²) >= 11 is 0. The van der Waals surface area contributed by atoms with E-state index < -0.39 is 0 Å². The van der Waals surface area contributed by atoms with E-state index in [1.807, 2.05) is 36.1 Å². The highest BCUT2D eigenvalue weighted by atomic mass is 19.1. The predicted molar refractivity (Wildman–Crippen MR) is 107 cm³/mol. The second-order valence-electron chi connectivity index (χ2n) is 7.76. The fourth-order valence-electron chi connectivity index (χ4n) is 4.33. The quantitative estimate of drug-likeness (QED) is 0.740. The summed E-state index contributed by atoms with van der Waals surface area (Å²) < 4.78 is 13.1. The Morgan fingerprint density at radius 2 is 1.71 bits per heavy atom. The third-order valence-electron chi connectivity index (χ3n) is 6.06. The van der Waals surface area contributed by atoms with E-state index in [1.54, 1.807) is 12.1 Å². The minimum Gasteiger partial charge on any atom is -0.310 e. The van der Waals surface area contributed by atoms with Crippen molar-refractivity contribution < 1.29 is 14.0 Å². The number of halogens is 1. The highest BCUT2D eigenvalue weighted by molar-refractivity contribution is 6.04.